The molecule has 0 saturated heterocycles. The van der Waals surface area contributed by atoms with Gasteiger partial charge in [-0.3, -0.25) is 4.79 Å². The van der Waals surface area contributed by atoms with Gasteiger partial charge in [0.15, 0.2) is 5.78 Å². The lowest BCUT2D eigenvalue weighted by Crippen LogP contribution is -2.38. The van der Waals surface area contributed by atoms with Gasteiger partial charge in [-0.25, -0.2) is 0 Å². The Kier molecular flexibility index (Phi) is 7.19. The van der Waals surface area contributed by atoms with Gasteiger partial charge in [0.2, 0.25) is 0 Å². The van der Waals surface area contributed by atoms with Gasteiger partial charge in [0.05, 0.1) is 29.6 Å². The monoisotopic (exact) mass is 353 g/mol. The van der Waals surface area contributed by atoms with Crippen molar-refractivity contribution in [1.82, 2.24) is 0 Å². The highest BCUT2D eigenvalue weighted by atomic mass is 16.5. The number of aromatic hydroxyl groups is 1. The SMILES string of the molecule is CCCC(C#N)C(O)C(COc1ccccc1)C(=O)c1ccccc1O. The Morgan fingerprint density at radius 2 is 1.81 bits per heavy atom. The zero-order valence-corrected chi connectivity index (χ0v) is 14.7. The Hall–Kier alpha value is -2.84. The maximum absolute atomic E-state index is 12.9. The Morgan fingerprint density at radius 3 is 2.42 bits per heavy atom. The predicted octanol–water partition coefficient (Wildman–Crippen LogP) is 3.57. The minimum absolute atomic E-state index is 0.0831. The van der Waals surface area contributed by atoms with E-state index in [9.17, 15) is 20.3 Å². The molecule has 0 aliphatic heterocycles. The highest BCUT2D eigenvalue weighted by Gasteiger charge is 2.35. The van der Waals surface area contributed by atoms with Gasteiger partial charge in [0.25, 0.3) is 0 Å². The average Bonchev–Trinajstić information content (AvgIpc) is 2.67. The van der Waals surface area contributed by atoms with Gasteiger partial charge >= 0.3 is 0 Å². The first-order valence-corrected chi connectivity index (χ1v) is 8.66. The van der Waals surface area contributed by atoms with Crippen LogP contribution in [0.3, 0.4) is 0 Å². The van der Waals surface area contributed by atoms with Crippen LogP contribution >= 0.6 is 0 Å². The molecule has 2 N–H and O–H groups in total. The highest BCUT2D eigenvalue weighted by Crippen LogP contribution is 2.26. The van der Waals surface area contributed by atoms with E-state index < -0.39 is 23.7 Å². The molecule has 2 aromatic rings. The van der Waals surface area contributed by atoms with Gasteiger partial charge in [-0.15, -0.1) is 0 Å². The second-order valence-corrected chi connectivity index (χ2v) is 6.13. The number of carbonyl (C=O) groups is 1. The zero-order valence-electron chi connectivity index (χ0n) is 14.7. The van der Waals surface area contributed by atoms with E-state index in [2.05, 4.69) is 6.07 Å². The van der Waals surface area contributed by atoms with Gasteiger partial charge in [-0.2, -0.15) is 5.26 Å². The lowest BCUT2D eigenvalue weighted by molar-refractivity contribution is 0.0369. The second-order valence-electron chi connectivity index (χ2n) is 6.13. The molecular formula is C21H23NO4. The van der Waals surface area contributed by atoms with Crippen molar-refractivity contribution < 1.29 is 19.7 Å². The number of nitrogens with zero attached hydrogens (tertiary/aromatic N) is 1. The van der Waals surface area contributed by atoms with Crippen molar-refractivity contribution in [2.24, 2.45) is 11.8 Å². The number of hydrogen-bond donors (Lipinski definition) is 2. The van der Waals surface area contributed by atoms with E-state index in [4.69, 9.17) is 4.74 Å². The molecule has 3 atom stereocenters. The molecule has 0 aliphatic carbocycles. The number of phenols is 1. The van der Waals surface area contributed by atoms with Crippen LogP contribution in [0.5, 0.6) is 11.5 Å². The van der Waals surface area contributed by atoms with Crippen LogP contribution < -0.4 is 4.74 Å². The van der Waals surface area contributed by atoms with Crippen LogP contribution in [0.15, 0.2) is 54.6 Å². The molecule has 0 heterocycles. The standard InChI is InChI=1S/C21H23NO4/c1-2-8-15(13-22)20(24)18(14-26-16-9-4-3-5-10-16)21(25)17-11-6-7-12-19(17)23/h3-7,9-12,15,18,20,23-24H,2,8,14H2,1H3. The Labute approximate surface area is 153 Å². The molecule has 0 bridgehead atoms. The zero-order chi connectivity index (χ0) is 18.9. The van der Waals surface area contributed by atoms with Crippen LogP contribution in [-0.4, -0.2) is 28.7 Å². The number of rotatable bonds is 9. The third-order valence-corrected chi connectivity index (χ3v) is 4.27. The number of ketones is 1. The first-order chi connectivity index (χ1) is 12.6. The van der Waals surface area contributed by atoms with Crippen molar-refractivity contribution in [2.45, 2.75) is 25.9 Å². The Bertz CT molecular complexity index is 754. The van der Waals surface area contributed by atoms with Crippen LogP contribution in [0.1, 0.15) is 30.1 Å². The van der Waals surface area contributed by atoms with Crippen LogP contribution in [0.25, 0.3) is 0 Å². The number of benzene rings is 2. The van der Waals surface area contributed by atoms with Crippen molar-refractivity contribution in [3.05, 3.63) is 60.2 Å². The fraction of sp³-hybridized carbons (Fsp3) is 0.333. The molecule has 136 valence electrons. The van der Waals surface area contributed by atoms with Crippen LogP contribution in [0, 0.1) is 23.2 Å². The fourth-order valence-corrected chi connectivity index (χ4v) is 2.82. The maximum Gasteiger partial charge on any atom is 0.175 e. The summed E-state index contributed by atoms with van der Waals surface area (Å²) < 4.78 is 5.67. The summed E-state index contributed by atoms with van der Waals surface area (Å²) in [5.41, 5.74) is 0.112. The smallest absolute Gasteiger partial charge is 0.175 e. The third kappa shape index (κ3) is 4.84. The molecule has 5 heteroatoms. The van der Waals surface area contributed by atoms with E-state index in [-0.39, 0.29) is 17.9 Å². The van der Waals surface area contributed by atoms with Crippen molar-refractivity contribution >= 4 is 5.78 Å². The number of nitriles is 1. The summed E-state index contributed by atoms with van der Waals surface area (Å²) >= 11 is 0. The molecule has 0 spiro atoms. The number of aliphatic hydroxyl groups excluding tert-OH is 1. The molecule has 26 heavy (non-hydrogen) atoms. The lowest BCUT2D eigenvalue weighted by Gasteiger charge is -2.25. The van der Waals surface area contributed by atoms with Gasteiger partial charge < -0.3 is 14.9 Å². The second kappa shape index (κ2) is 9.59. The van der Waals surface area contributed by atoms with Gasteiger partial charge in [0.1, 0.15) is 18.1 Å². The van der Waals surface area contributed by atoms with Crippen molar-refractivity contribution in [1.29, 1.82) is 5.26 Å². The first kappa shape index (κ1) is 19.5. The van der Waals surface area contributed by atoms with Crippen molar-refractivity contribution in [3.63, 3.8) is 0 Å². The van der Waals surface area contributed by atoms with E-state index in [0.29, 0.717) is 18.6 Å². The predicted molar refractivity (Wildman–Crippen MR) is 97.9 cm³/mol. The average molecular weight is 353 g/mol. The number of phenolic OH excluding ortho intramolecular Hbond substituents is 1. The summed E-state index contributed by atoms with van der Waals surface area (Å²) in [6.45, 7) is 1.83. The molecule has 2 rings (SSSR count). The lowest BCUT2D eigenvalue weighted by atomic mass is 9.84. The minimum Gasteiger partial charge on any atom is -0.507 e. The number of para-hydroxylation sites is 2. The largest absolute Gasteiger partial charge is 0.507 e. The van der Waals surface area contributed by atoms with E-state index in [0.717, 1.165) is 0 Å². The number of hydrogen-bond acceptors (Lipinski definition) is 5. The molecule has 2 aromatic carbocycles. The summed E-state index contributed by atoms with van der Waals surface area (Å²) in [7, 11) is 0. The number of carbonyl (C=O) groups excluding carboxylic acids is 1. The molecule has 0 aliphatic rings. The molecule has 5 nitrogen and oxygen atoms in total. The summed E-state index contributed by atoms with van der Waals surface area (Å²) in [4.78, 5) is 12.9. The maximum atomic E-state index is 12.9. The molecule has 0 aromatic heterocycles. The molecular weight excluding hydrogens is 330 g/mol. The van der Waals surface area contributed by atoms with Crippen molar-refractivity contribution in [2.75, 3.05) is 6.61 Å². The van der Waals surface area contributed by atoms with E-state index >= 15 is 0 Å². The first-order valence-electron chi connectivity index (χ1n) is 8.66. The molecule has 0 fully saturated rings. The van der Waals surface area contributed by atoms with E-state index in [1.54, 1.807) is 36.4 Å². The van der Waals surface area contributed by atoms with Gasteiger partial charge in [-0.05, 0) is 30.7 Å². The summed E-state index contributed by atoms with van der Waals surface area (Å²) in [6, 6.07) is 17.2. The van der Waals surface area contributed by atoms with E-state index in [1.165, 1.54) is 12.1 Å². The highest BCUT2D eigenvalue weighted by molar-refractivity contribution is 6.00. The topological polar surface area (TPSA) is 90.5 Å². The Morgan fingerprint density at radius 1 is 1.15 bits per heavy atom. The quantitative estimate of drug-likeness (QED) is 0.673. The molecule has 0 amide bonds. The van der Waals surface area contributed by atoms with Crippen LogP contribution in [0.2, 0.25) is 0 Å². The van der Waals surface area contributed by atoms with E-state index in [1.807, 2.05) is 13.0 Å². The number of aliphatic hydroxyl groups is 1. The number of ether oxygens (including phenoxy) is 1. The fourth-order valence-electron chi connectivity index (χ4n) is 2.82. The van der Waals surface area contributed by atoms with Gasteiger partial charge in [-0.1, -0.05) is 43.7 Å². The van der Waals surface area contributed by atoms with Crippen molar-refractivity contribution in [3.8, 4) is 17.6 Å². The summed E-state index contributed by atoms with van der Waals surface area (Å²) in [5.74, 6) is -1.67. The summed E-state index contributed by atoms with van der Waals surface area (Å²) in [6.07, 6.45) is 0.00985. The summed E-state index contributed by atoms with van der Waals surface area (Å²) in [5, 5.41) is 30.0. The van der Waals surface area contributed by atoms with Crippen LogP contribution in [-0.2, 0) is 0 Å². The Balaban J connectivity index is 2.27. The minimum atomic E-state index is -1.18. The third-order valence-electron chi connectivity index (χ3n) is 4.27. The molecule has 0 radical (unpaired) electrons. The molecule has 0 saturated carbocycles. The molecule has 3 unspecified atom stereocenters. The number of Topliss-reactive ketones (excluding diaryl/α,β-unsaturated/α-hetero) is 1. The normalized spacial score (nSPS) is 14.0. The van der Waals surface area contributed by atoms with Crippen LogP contribution in [0.4, 0.5) is 0 Å². The van der Waals surface area contributed by atoms with Gasteiger partial charge in [0, 0.05) is 0 Å².